The largest absolute Gasteiger partial charge is 0.497 e. The van der Waals surface area contributed by atoms with Gasteiger partial charge in [-0.3, -0.25) is 9.79 Å². The molecule has 7 heteroatoms. The fraction of sp³-hybridized carbons (Fsp3) is 0.619. The molecular weight excluding hydrogens is 356 g/mol. The monoisotopic (exact) mass is 390 g/mol. The number of ether oxygens (including phenoxy) is 2. The number of benzene rings is 1. The Morgan fingerprint density at radius 2 is 1.86 bits per heavy atom. The van der Waals surface area contributed by atoms with E-state index in [0.717, 1.165) is 25.5 Å². The van der Waals surface area contributed by atoms with Crippen LogP contribution in [0, 0.1) is 0 Å². The molecule has 0 unspecified atom stereocenters. The van der Waals surface area contributed by atoms with Gasteiger partial charge in [-0.05, 0) is 37.5 Å². The van der Waals surface area contributed by atoms with Crippen molar-refractivity contribution < 1.29 is 14.3 Å². The van der Waals surface area contributed by atoms with E-state index in [1.807, 2.05) is 6.07 Å². The minimum Gasteiger partial charge on any atom is -0.497 e. The third kappa shape index (κ3) is 8.17. The highest BCUT2D eigenvalue weighted by molar-refractivity contribution is 5.94. The van der Waals surface area contributed by atoms with Crippen LogP contribution in [0.4, 0.5) is 0 Å². The summed E-state index contributed by atoms with van der Waals surface area (Å²) in [5.74, 6) is 1.28. The van der Waals surface area contributed by atoms with E-state index in [4.69, 9.17) is 9.47 Å². The van der Waals surface area contributed by atoms with Gasteiger partial charge in [0, 0.05) is 38.9 Å². The highest BCUT2D eigenvalue weighted by Gasteiger charge is 2.13. The van der Waals surface area contributed by atoms with Gasteiger partial charge in [0.25, 0.3) is 5.91 Å². The van der Waals surface area contributed by atoms with Crippen molar-refractivity contribution in [2.45, 2.75) is 44.6 Å². The van der Waals surface area contributed by atoms with E-state index < -0.39 is 0 Å². The Hall–Kier alpha value is -2.28. The first-order valence-corrected chi connectivity index (χ1v) is 10.2. The summed E-state index contributed by atoms with van der Waals surface area (Å²) in [4.78, 5) is 16.3. The predicted molar refractivity (Wildman–Crippen MR) is 112 cm³/mol. The molecule has 7 nitrogen and oxygen atoms in total. The molecular formula is C21H34N4O3. The van der Waals surface area contributed by atoms with Gasteiger partial charge in [0.2, 0.25) is 0 Å². The molecule has 0 aromatic heterocycles. The fourth-order valence-electron chi connectivity index (χ4n) is 3.20. The second-order valence-electron chi connectivity index (χ2n) is 6.90. The van der Waals surface area contributed by atoms with Crippen LogP contribution in [0.5, 0.6) is 5.75 Å². The van der Waals surface area contributed by atoms with Crippen molar-refractivity contribution in [3.8, 4) is 5.75 Å². The summed E-state index contributed by atoms with van der Waals surface area (Å²) in [6, 6.07) is 7.10. The Bertz CT molecular complexity index is 615. The van der Waals surface area contributed by atoms with Crippen LogP contribution >= 0.6 is 0 Å². The summed E-state index contributed by atoms with van der Waals surface area (Å²) in [7, 11) is 3.32. The van der Waals surface area contributed by atoms with Gasteiger partial charge < -0.3 is 25.4 Å². The first-order chi connectivity index (χ1) is 13.7. The summed E-state index contributed by atoms with van der Waals surface area (Å²) >= 11 is 0. The predicted octanol–water partition coefficient (Wildman–Crippen LogP) is 2.33. The lowest BCUT2D eigenvalue weighted by Gasteiger charge is -2.22. The average molecular weight is 391 g/mol. The summed E-state index contributed by atoms with van der Waals surface area (Å²) in [6.07, 6.45) is 7.77. The third-order valence-electron chi connectivity index (χ3n) is 4.78. The van der Waals surface area contributed by atoms with Crippen molar-refractivity contribution in [1.29, 1.82) is 0 Å². The summed E-state index contributed by atoms with van der Waals surface area (Å²) in [5.41, 5.74) is 0.583. The number of amides is 1. The quantitative estimate of drug-likeness (QED) is 0.324. The molecule has 0 aliphatic heterocycles. The van der Waals surface area contributed by atoms with E-state index in [9.17, 15) is 4.79 Å². The van der Waals surface area contributed by atoms with Gasteiger partial charge in [-0.1, -0.05) is 25.3 Å². The number of hydrogen-bond acceptors (Lipinski definition) is 4. The molecule has 0 atom stereocenters. The SMILES string of the molecule is CN=C(NCCCOC1CCCCC1)NCCNC(=O)c1cccc(OC)c1. The number of methoxy groups -OCH3 is 1. The lowest BCUT2D eigenvalue weighted by Crippen LogP contribution is -2.42. The van der Waals surface area contributed by atoms with Crippen molar-refractivity contribution in [3.63, 3.8) is 0 Å². The molecule has 28 heavy (non-hydrogen) atoms. The Morgan fingerprint density at radius 1 is 1.11 bits per heavy atom. The van der Waals surface area contributed by atoms with Gasteiger partial charge in [0.15, 0.2) is 5.96 Å². The Morgan fingerprint density at radius 3 is 2.61 bits per heavy atom. The highest BCUT2D eigenvalue weighted by Crippen LogP contribution is 2.20. The van der Waals surface area contributed by atoms with Gasteiger partial charge in [-0.25, -0.2) is 0 Å². The molecule has 1 aliphatic carbocycles. The molecule has 1 amide bonds. The normalized spacial score (nSPS) is 15.1. The lowest BCUT2D eigenvalue weighted by atomic mass is 9.98. The van der Waals surface area contributed by atoms with Crippen LogP contribution in [0.25, 0.3) is 0 Å². The highest BCUT2D eigenvalue weighted by atomic mass is 16.5. The molecule has 1 saturated carbocycles. The van der Waals surface area contributed by atoms with Crippen molar-refractivity contribution in [3.05, 3.63) is 29.8 Å². The summed E-state index contributed by atoms with van der Waals surface area (Å²) < 4.78 is 11.1. The van der Waals surface area contributed by atoms with Crippen LogP contribution in [-0.4, -0.2) is 58.4 Å². The number of rotatable bonds is 10. The molecule has 0 bridgehead atoms. The van der Waals surface area contributed by atoms with Crippen molar-refractivity contribution in [1.82, 2.24) is 16.0 Å². The molecule has 156 valence electrons. The van der Waals surface area contributed by atoms with Gasteiger partial charge in [-0.2, -0.15) is 0 Å². The van der Waals surface area contributed by atoms with Crippen molar-refractivity contribution in [2.24, 2.45) is 4.99 Å². The summed E-state index contributed by atoms with van der Waals surface area (Å²) in [5, 5.41) is 9.35. The van der Waals surface area contributed by atoms with E-state index in [-0.39, 0.29) is 5.91 Å². The van der Waals surface area contributed by atoms with Crippen LogP contribution in [0.3, 0.4) is 0 Å². The zero-order valence-corrected chi connectivity index (χ0v) is 17.1. The topological polar surface area (TPSA) is 84.0 Å². The van der Waals surface area contributed by atoms with Crippen LogP contribution in [0.15, 0.2) is 29.3 Å². The number of carbonyl (C=O) groups excluding carboxylic acids is 1. The zero-order chi connectivity index (χ0) is 20.0. The first kappa shape index (κ1) is 22.0. The zero-order valence-electron chi connectivity index (χ0n) is 17.1. The number of aliphatic imine (C=N–C) groups is 1. The van der Waals surface area contributed by atoms with Crippen molar-refractivity contribution >= 4 is 11.9 Å². The van der Waals surface area contributed by atoms with Gasteiger partial charge in [0.05, 0.1) is 13.2 Å². The maximum atomic E-state index is 12.1. The Kier molecular flexibility index (Phi) is 10.2. The Balaban J connectivity index is 1.54. The maximum absolute atomic E-state index is 12.1. The molecule has 1 aromatic carbocycles. The minimum absolute atomic E-state index is 0.122. The van der Waals surface area contributed by atoms with Crippen LogP contribution in [0.1, 0.15) is 48.9 Å². The van der Waals surface area contributed by atoms with Gasteiger partial charge in [-0.15, -0.1) is 0 Å². The molecule has 2 rings (SSSR count). The maximum Gasteiger partial charge on any atom is 0.251 e. The molecule has 1 aliphatic rings. The van der Waals surface area contributed by atoms with Crippen molar-refractivity contribution in [2.75, 3.05) is 40.4 Å². The number of nitrogens with zero attached hydrogens (tertiary/aromatic N) is 1. The number of carbonyl (C=O) groups is 1. The third-order valence-corrected chi connectivity index (χ3v) is 4.78. The standard InChI is InChI=1S/C21H34N4O3/c1-22-21(24-12-7-15-28-18-9-4-3-5-10-18)25-14-13-23-20(26)17-8-6-11-19(16-17)27-2/h6,8,11,16,18H,3-5,7,9-10,12-15H2,1-2H3,(H,23,26)(H2,22,24,25). The van der Waals surface area contributed by atoms with Gasteiger partial charge in [0.1, 0.15) is 5.75 Å². The molecule has 3 N–H and O–H groups in total. The number of guanidine groups is 1. The molecule has 0 saturated heterocycles. The van der Waals surface area contributed by atoms with E-state index >= 15 is 0 Å². The first-order valence-electron chi connectivity index (χ1n) is 10.2. The lowest BCUT2D eigenvalue weighted by molar-refractivity contribution is 0.0277. The molecule has 0 heterocycles. The van der Waals surface area contributed by atoms with Crippen LogP contribution in [-0.2, 0) is 4.74 Å². The van der Waals surface area contributed by atoms with Crippen LogP contribution in [0.2, 0.25) is 0 Å². The van der Waals surface area contributed by atoms with E-state index in [0.29, 0.717) is 30.5 Å². The Labute approximate surface area is 168 Å². The second kappa shape index (κ2) is 13.0. The van der Waals surface area contributed by atoms with Crippen LogP contribution < -0.4 is 20.7 Å². The molecule has 0 radical (unpaired) electrons. The number of hydrogen-bond donors (Lipinski definition) is 3. The molecule has 1 aromatic rings. The average Bonchev–Trinajstić information content (AvgIpc) is 2.75. The smallest absolute Gasteiger partial charge is 0.251 e. The number of nitrogens with one attached hydrogen (secondary N) is 3. The van der Waals surface area contributed by atoms with E-state index in [1.54, 1.807) is 32.4 Å². The summed E-state index contributed by atoms with van der Waals surface area (Å²) in [6.45, 7) is 2.68. The molecule has 1 fully saturated rings. The minimum atomic E-state index is -0.122. The van der Waals surface area contributed by atoms with Gasteiger partial charge >= 0.3 is 0 Å². The van der Waals surface area contributed by atoms with E-state index in [1.165, 1.54) is 32.1 Å². The van der Waals surface area contributed by atoms with E-state index in [2.05, 4.69) is 20.9 Å². The molecule has 0 spiro atoms. The second-order valence-corrected chi connectivity index (χ2v) is 6.90. The fourth-order valence-corrected chi connectivity index (χ4v) is 3.20.